The molecule has 0 saturated heterocycles. The van der Waals surface area contributed by atoms with Crippen LogP contribution in [0.1, 0.15) is 6.92 Å². The standard InChI is InChI=1S/C10H13N3O/c1-3-13-10(14)9-7(11)5-4-6-8(9)12(13)2/h4-6H,3,11H2,1-2H3. The number of benzene rings is 1. The lowest BCUT2D eigenvalue weighted by molar-refractivity contribution is 0.532. The molecule has 74 valence electrons. The number of anilines is 1. The Morgan fingerprint density at radius 3 is 2.71 bits per heavy atom. The zero-order chi connectivity index (χ0) is 10.3. The summed E-state index contributed by atoms with van der Waals surface area (Å²) in [4.78, 5) is 11.9. The Morgan fingerprint density at radius 1 is 1.43 bits per heavy atom. The van der Waals surface area contributed by atoms with Gasteiger partial charge < -0.3 is 5.73 Å². The van der Waals surface area contributed by atoms with Crippen molar-refractivity contribution in [1.29, 1.82) is 0 Å². The molecule has 14 heavy (non-hydrogen) atoms. The van der Waals surface area contributed by atoms with Gasteiger partial charge in [-0.2, -0.15) is 0 Å². The SMILES string of the molecule is CCn1c(=O)c2c(N)cccc2n1C. The van der Waals surface area contributed by atoms with E-state index in [1.807, 2.05) is 30.8 Å². The van der Waals surface area contributed by atoms with Gasteiger partial charge in [-0.25, -0.2) is 0 Å². The van der Waals surface area contributed by atoms with Gasteiger partial charge in [0.05, 0.1) is 10.9 Å². The maximum absolute atomic E-state index is 11.9. The molecule has 0 aliphatic carbocycles. The van der Waals surface area contributed by atoms with Crippen LogP contribution in [0.15, 0.2) is 23.0 Å². The highest BCUT2D eigenvalue weighted by Crippen LogP contribution is 2.16. The van der Waals surface area contributed by atoms with Crippen molar-refractivity contribution in [3.8, 4) is 0 Å². The summed E-state index contributed by atoms with van der Waals surface area (Å²) in [6.07, 6.45) is 0. The van der Waals surface area contributed by atoms with Crippen LogP contribution in [0.25, 0.3) is 10.9 Å². The molecule has 1 aromatic heterocycles. The number of aromatic nitrogens is 2. The zero-order valence-corrected chi connectivity index (χ0v) is 8.32. The second-order valence-electron chi connectivity index (χ2n) is 3.29. The molecule has 0 spiro atoms. The summed E-state index contributed by atoms with van der Waals surface area (Å²) in [5, 5.41) is 0.622. The van der Waals surface area contributed by atoms with E-state index in [-0.39, 0.29) is 5.56 Å². The number of rotatable bonds is 1. The van der Waals surface area contributed by atoms with E-state index >= 15 is 0 Å². The van der Waals surface area contributed by atoms with Crippen molar-refractivity contribution in [2.45, 2.75) is 13.5 Å². The van der Waals surface area contributed by atoms with Gasteiger partial charge in [-0.05, 0) is 19.1 Å². The molecule has 0 fully saturated rings. The van der Waals surface area contributed by atoms with Gasteiger partial charge in [0.15, 0.2) is 0 Å². The molecule has 1 heterocycles. The van der Waals surface area contributed by atoms with Crippen molar-refractivity contribution in [3.05, 3.63) is 28.6 Å². The monoisotopic (exact) mass is 191 g/mol. The van der Waals surface area contributed by atoms with Crippen molar-refractivity contribution in [3.63, 3.8) is 0 Å². The molecular formula is C10H13N3O. The topological polar surface area (TPSA) is 52.9 Å². The third-order valence-electron chi connectivity index (χ3n) is 2.53. The average molecular weight is 191 g/mol. The van der Waals surface area contributed by atoms with Crippen LogP contribution in [-0.4, -0.2) is 9.36 Å². The smallest absolute Gasteiger partial charge is 0.276 e. The summed E-state index contributed by atoms with van der Waals surface area (Å²) in [6, 6.07) is 5.51. The summed E-state index contributed by atoms with van der Waals surface area (Å²) in [5.74, 6) is 0. The summed E-state index contributed by atoms with van der Waals surface area (Å²) < 4.78 is 3.51. The molecule has 0 atom stereocenters. The van der Waals surface area contributed by atoms with Crippen molar-refractivity contribution < 1.29 is 0 Å². The molecule has 4 nitrogen and oxygen atoms in total. The van der Waals surface area contributed by atoms with Gasteiger partial charge in [-0.3, -0.25) is 14.2 Å². The van der Waals surface area contributed by atoms with E-state index in [0.717, 1.165) is 5.52 Å². The number of nitrogens with two attached hydrogens (primary N) is 1. The van der Waals surface area contributed by atoms with Crippen molar-refractivity contribution in [2.75, 3.05) is 5.73 Å². The first-order valence-corrected chi connectivity index (χ1v) is 4.60. The minimum absolute atomic E-state index is 0.0110. The summed E-state index contributed by atoms with van der Waals surface area (Å²) in [7, 11) is 1.87. The highest BCUT2D eigenvalue weighted by atomic mass is 16.1. The summed E-state index contributed by atoms with van der Waals surface area (Å²) in [6.45, 7) is 2.60. The molecule has 0 amide bonds. The highest BCUT2D eigenvalue weighted by molar-refractivity contribution is 5.90. The largest absolute Gasteiger partial charge is 0.398 e. The Hall–Kier alpha value is -1.71. The molecule has 0 aliphatic rings. The molecule has 0 aliphatic heterocycles. The van der Waals surface area contributed by atoms with Gasteiger partial charge in [0, 0.05) is 19.3 Å². The van der Waals surface area contributed by atoms with E-state index in [0.29, 0.717) is 17.6 Å². The summed E-state index contributed by atoms with van der Waals surface area (Å²) in [5.41, 5.74) is 7.19. The van der Waals surface area contributed by atoms with Crippen LogP contribution >= 0.6 is 0 Å². The minimum Gasteiger partial charge on any atom is -0.398 e. The fourth-order valence-corrected chi connectivity index (χ4v) is 1.81. The van der Waals surface area contributed by atoms with Gasteiger partial charge >= 0.3 is 0 Å². The van der Waals surface area contributed by atoms with Crippen molar-refractivity contribution >= 4 is 16.6 Å². The maximum atomic E-state index is 11.9. The summed E-state index contributed by atoms with van der Waals surface area (Å²) >= 11 is 0. The van der Waals surface area contributed by atoms with Crippen LogP contribution in [0.2, 0.25) is 0 Å². The number of fused-ring (bicyclic) bond motifs is 1. The van der Waals surface area contributed by atoms with Crippen molar-refractivity contribution in [2.24, 2.45) is 7.05 Å². The fraction of sp³-hybridized carbons (Fsp3) is 0.300. The molecule has 0 unspecified atom stereocenters. The van der Waals surface area contributed by atoms with Gasteiger partial charge in [0.1, 0.15) is 0 Å². The predicted molar refractivity (Wildman–Crippen MR) is 57.3 cm³/mol. The van der Waals surface area contributed by atoms with Crippen LogP contribution in [0.5, 0.6) is 0 Å². The molecular weight excluding hydrogens is 178 g/mol. The quantitative estimate of drug-likeness (QED) is 0.682. The first-order valence-electron chi connectivity index (χ1n) is 4.60. The van der Waals surface area contributed by atoms with E-state index in [4.69, 9.17) is 5.73 Å². The van der Waals surface area contributed by atoms with Crippen LogP contribution in [0.4, 0.5) is 5.69 Å². The molecule has 0 saturated carbocycles. The van der Waals surface area contributed by atoms with Crippen molar-refractivity contribution in [1.82, 2.24) is 9.36 Å². The number of aryl methyl sites for hydroxylation is 1. The predicted octanol–water partition coefficient (Wildman–Crippen LogP) is 0.942. The Morgan fingerprint density at radius 2 is 2.14 bits per heavy atom. The van der Waals surface area contributed by atoms with Crippen LogP contribution in [0, 0.1) is 0 Å². The molecule has 0 radical (unpaired) electrons. The Bertz CT molecular complexity index is 536. The Balaban J connectivity index is 3.02. The second-order valence-corrected chi connectivity index (χ2v) is 3.29. The first-order chi connectivity index (χ1) is 6.66. The minimum atomic E-state index is -0.0110. The van der Waals surface area contributed by atoms with Crippen LogP contribution in [-0.2, 0) is 13.6 Å². The van der Waals surface area contributed by atoms with Gasteiger partial charge in [0.2, 0.25) is 0 Å². The van der Waals surface area contributed by atoms with Gasteiger partial charge in [-0.1, -0.05) is 6.07 Å². The van der Waals surface area contributed by atoms with Crippen LogP contribution < -0.4 is 11.3 Å². The fourth-order valence-electron chi connectivity index (χ4n) is 1.81. The van der Waals surface area contributed by atoms with Gasteiger partial charge in [0.25, 0.3) is 5.56 Å². The van der Waals surface area contributed by atoms with E-state index in [1.54, 1.807) is 10.7 Å². The molecule has 2 aromatic rings. The zero-order valence-electron chi connectivity index (χ0n) is 8.32. The van der Waals surface area contributed by atoms with Gasteiger partial charge in [-0.15, -0.1) is 0 Å². The van der Waals surface area contributed by atoms with E-state index < -0.39 is 0 Å². The number of hydrogen-bond donors (Lipinski definition) is 1. The third kappa shape index (κ3) is 0.968. The van der Waals surface area contributed by atoms with E-state index in [1.165, 1.54) is 0 Å². The molecule has 4 heteroatoms. The van der Waals surface area contributed by atoms with Crippen LogP contribution in [0.3, 0.4) is 0 Å². The third-order valence-corrected chi connectivity index (χ3v) is 2.53. The number of hydrogen-bond acceptors (Lipinski definition) is 2. The Kier molecular flexibility index (Phi) is 1.84. The highest BCUT2D eigenvalue weighted by Gasteiger charge is 2.10. The lowest BCUT2D eigenvalue weighted by Crippen LogP contribution is -2.20. The number of nitrogen functional groups attached to an aromatic ring is 1. The van der Waals surface area contributed by atoms with E-state index in [2.05, 4.69) is 0 Å². The Labute approximate surface area is 81.5 Å². The molecule has 0 bridgehead atoms. The first kappa shape index (κ1) is 8.87. The number of nitrogens with zero attached hydrogens (tertiary/aromatic N) is 2. The molecule has 2 rings (SSSR count). The molecule has 1 aromatic carbocycles. The second kappa shape index (κ2) is 2.90. The molecule has 2 N–H and O–H groups in total. The van der Waals surface area contributed by atoms with E-state index in [9.17, 15) is 4.79 Å². The lowest BCUT2D eigenvalue weighted by Gasteiger charge is -2.02. The maximum Gasteiger partial charge on any atom is 0.276 e. The normalized spacial score (nSPS) is 11.0. The lowest BCUT2D eigenvalue weighted by atomic mass is 10.2. The average Bonchev–Trinajstić information content (AvgIpc) is 2.41.